The summed E-state index contributed by atoms with van der Waals surface area (Å²) in [6.07, 6.45) is 4.89. The van der Waals surface area contributed by atoms with Crippen molar-refractivity contribution in [3.63, 3.8) is 0 Å². The van der Waals surface area contributed by atoms with E-state index in [4.69, 9.17) is 0 Å². The molecule has 10 heterocycles. The summed E-state index contributed by atoms with van der Waals surface area (Å²) < 4.78 is 0. The minimum absolute atomic E-state index is 0.220. The highest BCUT2D eigenvalue weighted by molar-refractivity contribution is 6.11. The summed E-state index contributed by atoms with van der Waals surface area (Å²) in [6.45, 7) is 7.54. The van der Waals surface area contributed by atoms with Gasteiger partial charge in [0, 0.05) is 87.1 Å². The van der Waals surface area contributed by atoms with E-state index in [1.165, 1.54) is 0 Å². The second kappa shape index (κ2) is 21.7. The number of unbranched alkanes of at least 4 members (excludes halogenated alkanes) is 3. The van der Waals surface area contributed by atoms with Gasteiger partial charge < -0.3 is 30.7 Å². The number of carbonyl (C=O) groups is 6. The number of rotatable bonds is 9. The van der Waals surface area contributed by atoms with Crippen molar-refractivity contribution in [3.8, 4) is 0 Å². The fraction of sp³-hybridized carbons (Fsp3) is 0.222. The van der Waals surface area contributed by atoms with Crippen LogP contribution in [0.15, 0.2) is 146 Å². The van der Waals surface area contributed by atoms with Crippen LogP contribution in [0.25, 0.3) is 0 Å². The Morgan fingerprint density at radius 3 is 0.727 bits per heavy atom. The third-order valence-corrected chi connectivity index (χ3v) is 11.4. The summed E-state index contributed by atoms with van der Waals surface area (Å²) in [5.74, 6) is -1.71. The van der Waals surface area contributed by atoms with E-state index in [9.17, 15) is 28.8 Å². The van der Waals surface area contributed by atoms with Crippen molar-refractivity contribution in [1.82, 2.24) is 0 Å². The zero-order chi connectivity index (χ0) is 46.6. The molecule has 0 unspecified atom stereocenters. The highest BCUT2D eigenvalue weighted by atomic mass is 16.2. The second-order valence-corrected chi connectivity index (χ2v) is 16.2. The maximum Gasteiger partial charge on any atom is 0.258 e. The summed E-state index contributed by atoms with van der Waals surface area (Å²) in [7, 11) is 0. The molecule has 10 aliphatic heterocycles. The Labute approximate surface area is 385 Å². The molecule has 6 aromatic rings. The smallest absolute Gasteiger partial charge is 0.258 e. The molecular formula is C54H54N6O6. The van der Waals surface area contributed by atoms with Crippen molar-refractivity contribution in [2.24, 2.45) is 0 Å². The van der Waals surface area contributed by atoms with Crippen molar-refractivity contribution in [2.75, 3.05) is 50.3 Å². The molecule has 0 saturated heterocycles. The average molecular weight is 883 g/mol. The van der Waals surface area contributed by atoms with Gasteiger partial charge >= 0.3 is 0 Å². The average Bonchev–Trinajstić information content (AvgIpc) is 3.35. The Bertz CT molecular complexity index is 2370. The molecule has 12 bridgehead atoms. The minimum atomic E-state index is -0.348. The van der Waals surface area contributed by atoms with Gasteiger partial charge in [0.25, 0.3) is 35.4 Å². The lowest BCUT2D eigenvalue weighted by Crippen LogP contribution is -2.32. The maximum atomic E-state index is 13.9. The third-order valence-electron chi connectivity index (χ3n) is 11.4. The van der Waals surface area contributed by atoms with Crippen molar-refractivity contribution >= 4 is 69.6 Å². The van der Waals surface area contributed by atoms with E-state index < -0.39 is 0 Å². The number of nitrogens with zero attached hydrogens (tertiary/aromatic N) is 3. The van der Waals surface area contributed by atoms with Crippen molar-refractivity contribution in [1.29, 1.82) is 0 Å². The normalized spacial score (nSPS) is 13.8. The first-order valence-corrected chi connectivity index (χ1v) is 22.6. The topological polar surface area (TPSA) is 148 Å². The quantitative estimate of drug-likeness (QED) is 0.132. The monoisotopic (exact) mass is 882 g/mol. The van der Waals surface area contributed by atoms with Crippen LogP contribution in [-0.4, -0.2) is 55.1 Å². The molecule has 0 atom stereocenters. The highest BCUT2D eigenvalue weighted by Gasteiger charge is 2.22. The van der Waals surface area contributed by atoms with Crippen LogP contribution in [0.1, 0.15) is 121 Å². The molecule has 0 saturated carbocycles. The Morgan fingerprint density at radius 2 is 0.515 bits per heavy atom. The molecule has 0 fully saturated rings. The number of carbonyl (C=O) groups excluding carboxylic acids is 6. The highest BCUT2D eigenvalue weighted by Crippen LogP contribution is 2.26. The van der Waals surface area contributed by atoms with Crippen molar-refractivity contribution < 1.29 is 28.8 Å². The van der Waals surface area contributed by atoms with Gasteiger partial charge in [0.05, 0.1) is 0 Å². The fourth-order valence-corrected chi connectivity index (χ4v) is 7.54. The van der Waals surface area contributed by atoms with Gasteiger partial charge in [-0.25, -0.2) is 0 Å². The fourth-order valence-electron chi connectivity index (χ4n) is 7.54. The van der Waals surface area contributed by atoms with Gasteiger partial charge in [-0.3, -0.25) is 28.8 Å². The van der Waals surface area contributed by atoms with E-state index in [1.807, 2.05) is 20.8 Å². The summed E-state index contributed by atoms with van der Waals surface area (Å²) in [6, 6.07) is 40.7. The Morgan fingerprint density at radius 1 is 0.303 bits per heavy atom. The van der Waals surface area contributed by atoms with E-state index in [-0.39, 0.29) is 35.4 Å². The van der Waals surface area contributed by atoms with Gasteiger partial charge in [0.1, 0.15) is 0 Å². The molecule has 12 heteroatoms. The van der Waals surface area contributed by atoms with Gasteiger partial charge in [-0.2, -0.15) is 0 Å². The molecule has 336 valence electrons. The van der Waals surface area contributed by atoms with Crippen LogP contribution >= 0.6 is 0 Å². The van der Waals surface area contributed by atoms with E-state index in [0.29, 0.717) is 87.1 Å². The molecule has 10 aliphatic rings. The number of hydrogen-bond acceptors (Lipinski definition) is 6. The third kappa shape index (κ3) is 11.1. The molecule has 0 radical (unpaired) electrons. The number of anilines is 6. The first-order valence-electron chi connectivity index (χ1n) is 22.6. The van der Waals surface area contributed by atoms with Gasteiger partial charge in [0.2, 0.25) is 0 Å². The van der Waals surface area contributed by atoms with Gasteiger partial charge in [-0.1, -0.05) is 40.0 Å². The maximum absolute atomic E-state index is 13.9. The van der Waals surface area contributed by atoms with E-state index in [2.05, 4.69) is 16.0 Å². The lowest BCUT2D eigenvalue weighted by Gasteiger charge is -2.24. The van der Waals surface area contributed by atoms with Gasteiger partial charge in [-0.15, -0.1) is 0 Å². The molecule has 6 amide bonds. The number of nitrogens with one attached hydrogen (secondary N) is 3. The zero-order valence-electron chi connectivity index (χ0n) is 37.5. The van der Waals surface area contributed by atoms with Crippen molar-refractivity contribution in [2.45, 2.75) is 59.3 Å². The minimum Gasteiger partial charge on any atom is -0.322 e. The predicted molar refractivity (Wildman–Crippen MR) is 262 cm³/mol. The summed E-state index contributed by atoms with van der Waals surface area (Å²) >= 11 is 0. The zero-order valence-corrected chi connectivity index (χ0v) is 37.5. The molecule has 3 N–H and O–H groups in total. The number of amides is 6. The van der Waals surface area contributed by atoms with Crippen molar-refractivity contribution in [3.05, 3.63) is 179 Å². The Hall–Kier alpha value is -7.86. The predicted octanol–water partition coefficient (Wildman–Crippen LogP) is 11.1. The lowest BCUT2D eigenvalue weighted by molar-refractivity contribution is 0.0978. The molecule has 16 rings (SSSR count). The SMILES string of the molecule is CCCCN1C(=O)c2ccc(cc2)NC(=O)c2ccc(cc2)N(CCCC)C(=O)c2ccc(cc2)NC(=O)c2ccc(cc2)N(CCCC)C(=O)c2ccc(cc2)NC(=O)c2ccc1cc2. The van der Waals surface area contributed by atoms with E-state index in [1.54, 1.807) is 160 Å². The standard InChI is InChI=1S/C54H54N6O6/c1-4-7-34-58-46-28-16-37(17-29-46)49(61)56-44-24-12-41(13-25-44)53(65)60(36-9-6-3)48-32-20-39(21-33-48)51(63)57-45-26-14-42(15-27-45)54(66)59(35-8-5-2)47-30-18-38(19-31-47)50(62)55-43-22-10-40(11-23-43)52(58)64/h10-33H,4-9,34-36H2,1-3H3,(H,55,62)(H,56,61)(H,57,63). The number of benzene rings is 6. The van der Waals surface area contributed by atoms with E-state index >= 15 is 0 Å². The van der Waals surface area contributed by atoms with Crippen LogP contribution in [0.3, 0.4) is 0 Å². The molecule has 0 aliphatic carbocycles. The summed E-state index contributed by atoms with van der Waals surface area (Å²) in [4.78, 5) is 87.0. The Kier molecular flexibility index (Phi) is 15.2. The molecule has 66 heavy (non-hydrogen) atoms. The van der Waals surface area contributed by atoms with Crippen LogP contribution in [0.5, 0.6) is 0 Å². The van der Waals surface area contributed by atoms with Crippen LogP contribution in [0.2, 0.25) is 0 Å². The molecule has 6 aromatic carbocycles. The van der Waals surface area contributed by atoms with Gasteiger partial charge in [-0.05, 0) is 165 Å². The van der Waals surface area contributed by atoms with Crippen LogP contribution < -0.4 is 30.7 Å². The summed E-state index contributed by atoms with van der Waals surface area (Å²) in [5, 5.41) is 8.71. The first-order chi connectivity index (χ1) is 32.1. The van der Waals surface area contributed by atoms with Gasteiger partial charge in [0.15, 0.2) is 0 Å². The molecule has 0 aromatic heterocycles. The molecular weight excluding hydrogens is 829 g/mol. The van der Waals surface area contributed by atoms with Crippen LogP contribution in [0.4, 0.5) is 34.1 Å². The van der Waals surface area contributed by atoms with Crippen LogP contribution in [0, 0.1) is 0 Å². The summed E-state index contributed by atoms with van der Waals surface area (Å²) in [5.41, 5.74) is 5.90. The largest absolute Gasteiger partial charge is 0.322 e. The van der Waals surface area contributed by atoms with Crippen LogP contribution in [-0.2, 0) is 0 Å². The second-order valence-electron chi connectivity index (χ2n) is 16.2. The molecule has 12 nitrogen and oxygen atoms in total. The number of hydrogen-bond donors (Lipinski definition) is 3. The van der Waals surface area contributed by atoms with E-state index in [0.717, 1.165) is 38.5 Å². The molecule has 0 spiro atoms. The lowest BCUT2D eigenvalue weighted by atomic mass is 10.1. The first kappa shape index (κ1) is 46.1. The Balaban J connectivity index is 1.19.